The Kier molecular flexibility index (Phi) is 8.94. The first-order chi connectivity index (χ1) is 18.5. The van der Waals surface area contributed by atoms with Crippen LogP contribution in [0.25, 0.3) is 0 Å². The van der Waals surface area contributed by atoms with Gasteiger partial charge in [-0.1, -0.05) is 0 Å². The van der Waals surface area contributed by atoms with Gasteiger partial charge in [-0.05, 0) is 94.7 Å². The molecule has 3 amide bonds. The number of hydrogen-bond acceptors (Lipinski definition) is 6. The van der Waals surface area contributed by atoms with E-state index in [0.29, 0.717) is 49.9 Å². The van der Waals surface area contributed by atoms with E-state index in [4.69, 9.17) is 10.5 Å². The van der Waals surface area contributed by atoms with E-state index < -0.39 is 6.04 Å². The molecular formula is C29H43N5O4. The lowest BCUT2D eigenvalue weighted by atomic mass is 9.82. The van der Waals surface area contributed by atoms with Crippen LogP contribution in [0.15, 0.2) is 24.5 Å². The van der Waals surface area contributed by atoms with Crippen molar-refractivity contribution >= 4 is 17.7 Å². The molecule has 0 radical (unpaired) electrons. The highest BCUT2D eigenvalue weighted by Gasteiger charge is 2.43. The molecule has 3 atom stereocenters. The zero-order chi connectivity index (χ0) is 26.5. The Bertz CT molecular complexity index is 957. The van der Waals surface area contributed by atoms with Gasteiger partial charge in [-0.2, -0.15) is 0 Å². The number of carbonyl (C=O) groups excluding carboxylic acids is 3. The highest BCUT2D eigenvalue weighted by Crippen LogP contribution is 2.35. The molecule has 2 unspecified atom stereocenters. The molecule has 9 nitrogen and oxygen atoms in total. The summed E-state index contributed by atoms with van der Waals surface area (Å²) in [6.07, 6.45) is 12.6. The average Bonchev–Trinajstić information content (AvgIpc) is 3.70. The van der Waals surface area contributed by atoms with E-state index in [2.05, 4.69) is 10.3 Å². The van der Waals surface area contributed by atoms with Crippen LogP contribution in [0.1, 0.15) is 74.6 Å². The smallest absolute Gasteiger partial charge is 0.256 e. The molecule has 1 aromatic heterocycles. The van der Waals surface area contributed by atoms with Crippen molar-refractivity contribution in [3.05, 3.63) is 30.1 Å². The summed E-state index contributed by atoms with van der Waals surface area (Å²) < 4.78 is 5.88. The highest BCUT2D eigenvalue weighted by atomic mass is 16.5. The maximum atomic E-state index is 13.7. The first-order valence-electron chi connectivity index (χ1n) is 14.6. The van der Waals surface area contributed by atoms with E-state index in [1.807, 2.05) is 4.90 Å². The molecular weight excluding hydrogens is 482 g/mol. The molecule has 5 rings (SSSR count). The van der Waals surface area contributed by atoms with Crippen LogP contribution >= 0.6 is 0 Å². The Hall–Kier alpha value is -2.52. The Balaban J connectivity index is 1.30. The van der Waals surface area contributed by atoms with Crippen LogP contribution in [0, 0.1) is 17.8 Å². The van der Waals surface area contributed by atoms with Gasteiger partial charge in [0.1, 0.15) is 6.04 Å². The maximum Gasteiger partial charge on any atom is 0.256 e. The number of ether oxygens (including phenoxy) is 1. The third-order valence-corrected chi connectivity index (χ3v) is 8.99. The second-order valence-corrected chi connectivity index (χ2v) is 11.7. The van der Waals surface area contributed by atoms with Gasteiger partial charge in [-0.3, -0.25) is 19.4 Å². The molecule has 2 saturated carbocycles. The topological polar surface area (TPSA) is 118 Å². The van der Waals surface area contributed by atoms with Crippen LogP contribution < -0.4 is 11.1 Å². The lowest BCUT2D eigenvalue weighted by molar-refractivity contribution is -0.140. The number of hydrogen-bond donors (Lipinski definition) is 2. The first-order valence-corrected chi connectivity index (χ1v) is 14.6. The number of carbonyl (C=O) groups is 3. The van der Waals surface area contributed by atoms with Gasteiger partial charge in [0, 0.05) is 50.6 Å². The SMILES string of the molecule is NCC1CCC(CNC(=O)[C@H]2CC(N(CC3CCCO3)C(=O)C3CC3)CCN2C(=O)c2cccnc2)CC1. The van der Waals surface area contributed by atoms with Gasteiger partial charge in [0.25, 0.3) is 5.91 Å². The first kappa shape index (κ1) is 27.1. The molecule has 2 aliphatic heterocycles. The third-order valence-electron chi connectivity index (χ3n) is 8.99. The number of likely N-dealkylation sites (tertiary alicyclic amines) is 1. The zero-order valence-corrected chi connectivity index (χ0v) is 22.4. The molecule has 2 aliphatic carbocycles. The molecule has 4 aliphatic rings. The third kappa shape index (κ3) is 6.54. The molecule has 38 heavy (non-hydrogen) atoms. The minimum atomic E-state index is -0.624. The number of nitrogens with one attached hydrogen (secondary N) is 1. The summed E-state index contributed by atoms with van der Waals surface area (Å²) in [4.78, 5) is 48.3. The zero-order valence-electron chi connectivity index (χ0n) is 22.4. The van der Waals surface area contributed by atoms with E-state index in [-0.39, 0.29) is 35.8 Å². The van der Waals surface area contributed by atoms with Gasteiger partial charge in [-0.15, -0.1) is 0 Å². The minimum Gasteiger partial charge on any atom is -0.376 e. The van der Waals surface area contributed by atoms with E-state index in [1.54, 1.807) is 29.4 Å². The predicted molar refractivity (Wildman–Crippen MR) is 143 cm³/mol. The molecule has 0 aromatic carbocycles. The lowest BCUT2D eigenvalue weighted by Crippen LogP contribution is -2.59. The molecule has 2 saturated heterocycles. The largest absolute Gasteiger partial charge is 0.376 e. The Morgan fingerprint density at radius 2 is 1.87 bits per heavy atom. The van der Waals surface area contributed by atoms with Gasteiger partial charge in [0.2, 0.25) is 11.8 Å². The summed E-state index contributed by atoms with van der Waals surface area (Å²) >= 11 is 0. The number of pyridine rings is 1. The van der Waals surface area contributed by atoms with Gasteiger partial charge in [0.15, 0.2) is 0 Å². The lowest BCUT2D eigenvalue weighted by Gasteiger charge is -2.43. The quantitative estimate of drug-likeness (QED) is 0.511. The molecule has 1 aromatic rings. The van der Waals surface area contributed by atoms with E-state index >= 15 is 0 Å². The van der Waals surface area contributed by atoms with Crippen molar-refractivity contribution < 1.29 is 19.1 Å². The van der Waals surface area contributed by atoms with E-state index in [1.165, 1.54) is 0 Å². The number of aromatic nitrogens is 1. The highest BCUT2D eigenvalue weighted by molar-refractivity contribution is 5.97. The van der Waals surface area contributed by atoms with Crippen LogP contribution in [-0.2, 0) is 14.3 Å². The molecule has 3 heterocycles. The van der Waals surface area contributed by atoms with Crippen LogP contribution in [-0.4, -0.2) is 83.5 Å². The van der Waals surface area contributed by atoms with E-state index in [9.17, 15) is 14.4 Å². The van der Waals surface area contributed by atoms with Gasteiger partial charge in [-0.25, -0.2) is 0 Å². The van der Waals surface area contributed by atoms with Gasteiger partial charge >= 0.3 is 0 Å². The fraction of sp³-hybridized carbons (Fsp3) is 0.724. The Morgan fingerprint density at radius 1 is 1.08 bits per heavy atom. The molecule has 0 bridgehead atoms. The summed E-state index contributed by atoms with van der Waals surface area (Å²) in [5, 5.41) is 3.18. The van der Waals surface area contributed by atoms with Crippen molar-refractivity contribution in [3.63, 3.8) is 0 Å². The Morgan fingerprint density at radius 3 is 2.53 bits per heavy atom. The van der Waals surface area contributed by atoms with Crippen LogP contribution in [0.3, 0.4) is 0 Å². The van der Waals surface area contributed by atoms with Crippen molar-refractivity contribution in [1.82, 2.24) is 20.1 Å². The summed E-state index contributed by atoms with van der Waals surface area (Å²) in [7, 11) is 0. The van der Waals surface area contributed by atoms with Crippen LogP contribution in [0.2, 0.25) is 0 Å². The molecule has 0 spiro atoms. The summed E-state index contributed by atoms with van der Waals surface area (Å²) in [5.74, 6) is 1.02. The van der Waals surface area contributed by atoms with Crippen molar-refractivity contribution in [1.29, 1.82) is 0 Å². The average molecular weight is 526 g/mol. The summed E-state index contributed by atoms with van der Waals surface area (Å²) in [6, 6.07) is 2.78. The number of nitrogens with zero attached hydrogens (tertiary/aromatic N) is 3. The van der Waals surface area contributed by atoms with Crippen molar-refractivity contribution in [3.8, 4) is 0 Å². The number of nitrogens with two attached hydrogens (primary N) is 1. The standard InChI is InChI=1S/C29H43N5O4/c30-16-20-5-7-21(8-6-20)17-32-27(35)26-15-24(11-13-33(26)29(37)23-3-1-12-31-18-23)34(28(36)22-9-10-22)19-25-4-2-14-38-25/h1,3,12,18,20-22,24-26H,2,4-11,13-17,19,30H2,(H,32,35)/t20?,21?,24?,25?,26-/m1/s1. The predicted octanol–water partition coefficient (Wildman–Crippen LogP) is 2.35. The van der Waals surface area contributed by atoms with Crippen LogP contribution in [0.4, 0.5) is 0 Å². The van der Waals surface area contributed by atoms with Crippen molar-refractivity contribution in [2.45, 2.75) is 82.4 Å². The van der Waals surface area contributed by atoms with Crippen molar-refractivity contribution in [2.24, 2.45) is 23.5 Å². The number of amides is 3. The fourth-order valence-electron chi connectivity index (χ4n) is 6.40. The minimum absolute atomic E-state index is 0.0590. The number of rotatable bonds is 9. The van der Waals surface area contributed by atoms with E-state index in [0.717, 1.165) is 64.5 Å². The molecule has 3 N–H and O–H groups in total. The molecule has 4 fully saturated rings. The van der Waals surface area contributed by atoms with Gasteiger partial charge in [0.05, 0.1) is 11.7 Å². The Labute approximate surface area is 225 Å². The fourth-order valence-corrected chi connectivity index (χ4v) is 6.40. The normalized spacial score (nSPS) is 29.6. The van der Waals surface area contributed by atoms with Crippen molar-refractivity contribution in [2.75, 3.05) is 32.8 Å². The monoisotopic (exact) mass is 525 g/mol. The summed E-state index contributed by atoms with van der Waals surface area (Å²) in [5.41, 5.74) is 6.33. The molecule has 208 valence electrons. The molecule has 9 heteroatoms. The second kappa shape index (κ2) is 12.6. The summed E-state index contributed by atoms with van der Waals surface area (Å²) in [6.45, 7) is 3.10. The second-order valence-electron chi connectivity index (χ2n) is 11.7. The van der Waals surface area contributed by atoms with Gasteiger partial charge < -0.3 is 25.6 Å². The van der Waals surface area contributed by atoms with Crippen LogP contribution in [0.5, 0.6) is 0 Å². The number of piperidine rings is 1. The maximum absolute atomic E-state index is 13.7.